The van der Waals surface area contributed by atoms with Gasteiger partial charge in [-0.05, 0) is 16.7 Å². The average Bonchev–Trinajstić information content (AvgIpc) is 3.18. The summed E-state index contributed by atoms with van der Waals surface area (Å²) < 4.78 is 55.7. The van der Waals surface area contributed by atoms with Crippen molar-refractivity contribution >= 4 is 5.97 Å². The minimum absolute atomic E-state index is 0.196. The summed E-state index contributed by atoms with van der Waals surface area (Å²) in [7, 11) is 0. The average molecular weight is 711 g/mol. The van der Waals surface area contributed by atoms with E-state index in [1.54, 1.807) is 0 Å². The summed E-state index contributed by atoms with van der Waals surface area (Å²) in [6, 6.07) is 30.9. The van der Waals surface area contributed by atoms with Gasteiger partial charge in [-0.15, -0.1) is 0 Å². The maximum absolute atomic E-state index is 10.9. The largest absolute Gasteiger partial charge is 0.460 e. The maximum Gasteiger partial charge on any atom is 0.330 e. The molecule has 3 rings (SSSR count). The van der Waals surface area contributed by atoms with Gasteiger partial charge in [-0.3, -0.25) is 0 Å². The number of carbonyl (C=O) groups is 1. The standard InChI is InChI=1S/C40H54O11/c1-2-39(41)50-34-32-48-30-28-46-26-24-44-22-20-42-18-19-43-21-23-45-25-27-47-29-31-49-33-35-51-40(36-12-6-3-7-13-36,37-14-8-4-9-15-37)38-16-10-5-11-17-38/h2-17H,1,18-35H2. The second-order valence-electron chi connectivity index (χ2n) is 10.9. The first-order chi connectivity index (χ1) is 25.3. The van der Waals surface area contributed by atoms with E-state index in [1.165, 1.54) is 0 Å². The lowest BCUT2D eigenvalue weighted by atomic mass is 9.80. The minimum Gasteiger partial charge on any atom is -0.460 e. The highest BCUT2D eigenvalue weighted by Gasteiger charge is 2.37. The first kappa shape index (κ1) is 41.9. The second-order valence-corrected chi connectivity index (χ2v) is 10.9. The predicted octanol–water partition coefficient (Wildman–Crippen LogP) is 4.86. The van der Waals surface area contributed by atoms with Crippen molar-refractivity contribution in [3.63, 3.8) is 0 Å². The maximum atomic E-state index is 10.9. The summed E-state index contributed by atoms with van der Waals surface area (Å²) >= 11 is 0. The van der Waals surface area contributed by atoms with Gasteiger partial charge >= 0.3 is 5.97 Å². The molecule has 0 aliphatic carbocycles. The highest BCUT2D eigenvalue weighted by Crippen LogP contribution is 2.40. The summed E-state index contributed by atoms with van der Waals surface area (Å²) in [6.07, 6.45) is 1.12. The van der Waals surface area contributed by atoms with E-state index in [4.69, 9.17) is 47.4 Å². The molecule has 0 atom stereocenters. The van der Waals surface area contributed by atoms with E-state index in [1.807, 2.05) is 54.6 Å². The van der Waals surface area contributed by atoms with Crippen LogP contribution in [0.5, 0.6) is 0 Å². The third kappa shape index (κ3) is 17.5. The molecular weight excluding hydrogens is 656 g/mol. The Balaban J connectivity index is 1.10. The van der Waals surface area contributed by atoms with Crippen molar-refractivity contribution in [1.29, 1.82) is 0 Å². The number of carbonyl (C=O) groups excluding carboxylic acids is 1. The van der Waals surface area contributed by atoms with Crippen molar-refractivity contribution in [3.8, 4) is 0 Å². The van der Waals surface area contributed by atoms with Gasteiger partial charge in [0.2, 0.25) is 0 Å². The third-order valence-electron chi connectivity index (χ3n) is 7.33. The zero-order chi connectivity index (χ0) is 35.9. The van der Waals surface area contributed by atoms with Gasteiger partial charge in [-0.1, -0.05) is 97.6 Å². The SMILES string of the molecule is C=CC(=O)OCCOCCOCCOCCOCCOCCOCCOCCOCCOC(c1ccccc1)(c1ccccc1)c1ccccc1. The highest BCUT2D eigenvalue weighted by molar-refractivity contribution is 5.81. The van der Waals surface area contributed by atoms with Crippen molar-refractivity contribution in [3.05, 3.63) is 120 Å². The fourth-order valence-corrected chi connectivity index (χ4v) is 4.92. The number of rotatable bonds is 32. The smallest absolute Gasteiger partial charge is 0.330 e. The fourth-order valence-electron chi connectivity index (χ4n) is 4.92. The van der Waals surface area contributed by atoms with E-state index in [0.717, 1.165) is 22.8 Å². The van der Waals surface area contributed by atoms with Crippen LogP contribution in [0.1, 0.15) is 16.7 Å². The van der Waals surface area contributed by atoms with E-state index >= 15 is 0 Å². The van der Waals surface area contributed by atoms with Crippen LogP contribution in [0.4, 0.5) is 0 Å². The van der Waals surface area contributed by atoms with Crippen molar-refractivity contribution in [1.82, 2.24) is 0 Å². The van der Waals surface area contributed by atoms with Gasteiger partial charge in [-0.25, -0.2) is 4.79 Å². The monoisotopic (exact) mass is 710 g/mol. The van der Waals surface area contributed by atoms with Gasteiger partial charge in [0, 0.05) is 6.08 Å². The highest BCUT2D eigenvalue weighted by atomic mass is 16.6. The summed E-state index contributed by atoms with van der Waals surface area (Å²) in [4.78, 5) is 10.9. The van der Waals surface area contributed by atoms with Crippen molar-refractivity contribution < 1.29 is 52.2 Å². The van der Waals surface area contributed by atoms with E-state index in [0.29, 0.717) is 112 Å². The van der Waals surface area contributed by atoms with Crippen LogP contribution in [0.2, 0.25) is 0 Å². The van der Waals surface area contributed by atoms with Crippen LogP contribution in [0, 0.1) is 0 Å². The Kier molecular flexibility index (Phi) is 23.1. The summed E-state index contributed by atoms with van der Waals surface area (Å²) in [5, 5.41) is 0. The Labute approximate surface area is 302 Å². The molecule has 0 bridgehead atoms. The van der Waals surface area contributed by atoms with Crippen molar-refractivity contribution in [2.75, 3.05) is 119 Å². The van der Waals surface area contributed by atoms with Gasteiger partial charge in [0.15, 0.2) is 0 Å². The molecule has 0 saturated heterocycles. The molecule has 0 fully saturated rings. The molecule has 3 aromatic rings. The van der Waals surface area contributed by atoms with E-state index in [9.17, 15) is 4.79 Å². The molecule has 0 N–H and O–H groups in total. The normalized spacial score (nSPS) is 11.5. The molecule has 3 aromatic carbocycles. The number of hydrogen-bond acceptors (Lipinski definition) is 11. The van der Waals surface area contributed by atoms with Crippen LogP contribution in [-0.2, 0) is 57.8 Å². The summed E-state index contributed by atoms with van der Waals surface area (Å²) in [6.45, 7) is 11.3. The van der Waals surface area contributed by atoms with Crippen LogP contribution in [-0.4, -0.2) is 125 Å². The predicted molar refractivity (Wildman–Crippen MR) is 193 cm³/mol. The third-order valence-corrected chi connectivity index (χ3v) is 7.33. The topological polar surface area (TPSA) is 109 Å². The van der Waals surface area contributed by atoms with Gasteiger partial charge in [0.1, 0.15) is 12.2 Å². The molecule has 280 valence electrons. The minimum atomic E-state index is -0.754. The number of hydrogen-bond donors (Lipinski definition) is 0. The molecule has 0 radical (unpaired) electrons. The van der Waals surface area contributed by atoms with Crippen LogP contribution in [0.3, 0.4) is 0 Å². The second kappa shape index (κ2) is 28.1. The molecular formula is C40H54O11. The Morgan fingerprint density at radius 3 is 0.941 bits per heavy atom. The molecule has 0 aromatic heterocycles. The molecule has 0 heterocycles. The molecule has 0 spiro atoms. The molecule has 0 saturated carbocycles. The first-order valence-electron chi connectivity index (χ1n) is 17.5. The fraction of sp³-hybridized carbons (Fsp3) is 0.475. The summed E-state index contributed by atoms with van der Waals surface area (Å²) in [5.74, 6) is -0.460. The molecule has 0 aliphatic rings. The Morgan fingerprint density at radius 2 is 0.667 bits per heavy atom. The summed E-state index contributed by atoms with van der Waals surface area (Å²) in [5.41, 5.74) is 2.44. The lowest BCUT2D eigenvalue weighted by molar-refractivity contribution is -0.139. The van der Waals surface area contributed by atoms with E-state index in [-0.39, 0.29) is 6.61 Å². The van der Waals surface area contributed by atoms with Crippen molar-refractivity contribution in [2.45, 2.75) is 5.60 Å². The van der Waals surface area contributed by atoms with Gasteiger partial charge in [0.05, 0.1) is 112 Å². The Bertz CT molecular complexity index is 1160. The first-order valence-corrected chi connectivity index (χ1v) is 17.5. The molecule has 11 nitrogen and oxygen atoms in total. The van der Waals surface area contributed by atoms with Crippen molar-refractivity contribution in [2.24, 2.45) is 0 Å². The zero-order valence-corrected chi connectivity index (χ0v) is 29.7. The molecule has 0 unspecified atom stereocenters. The van der Waals surface area contributed by atoms with Crippen LogP contribution < -0.4 is 0 Å². The van der Waals surface area contributed by atoms with Crippen LogP contribution >= 0.6 is 0 Å². The number of benzene rings is 3. The number of ether oxygens (including phenoxy) is 10. The van der Waals surface area contributed by atoms with Gasteiger partial charge in [-0.2, -0.15) is 0 Å². The Hall–Kier alpha value is -3.49. The lowest BCUT2D eigenvalue weighted by Gasteiger charge is -2.36. The zero-order valence-electron chi connectivity index (χ0n) is 29.7. The number of esters is 1. The molecule has 11 heteroatoms. The van der Waals surface area contributed by atoms with Crippen LogP contribution in [0.25, 0.3) is 0 Å². The van der Waals surface area contributed by atoms with E-state index < -0.39 is 11.6 Å². The van der Waals surface area contributed by atoms with Gasteiger partial charge in [0.25, 0.3) is 0 Å². The molecule has 0 amide bonds. The Morgan fingerprint density at radius 1 is 0.412 bits per heavy atom. The van der Waals surface area contributed by atoms with Crippen LogP contribution in [0.15, 0.2) is 104 Å². The van der Waals surface area contributed by atoms with E-state index in [2.05, 4.69) is 43.0 Å². The lowest BCUT2D eigenvalue weighted by Crippen LogP contribution is -2.34. The van der Waals surface area contributed by atoms with Gasteiger partial charge < -0.3 is 47.4 Å². The molecule has 0 aliphatic heterocycles. The molecule has 51 heavy (non-hydrogen) atoms. The quantitative estimate of drug-likeness (QED) is 0.0384.